The molecule has 6 heteroatoms. The van der Waals surface area contributed by atoms with Crippen LogP contribution in [0.3, 0.4) is 0 Å². The summed E-state index contributed by atoms with van der Waals surface area (Å²) in [6.07, 6.45) is 3.71. The Kier molecular flexibility index (Phi) is 3.96. The largest absolute Gasteiger partial charge is 0.376 e. The van der Waals surface area contributed by atoms with Crippen LogP contribution in [0.15, 0.2) is 30.6 Å². The fraction of sp³-hybridized carbons (Fsp3) is 0.400. The first-order chi connectivity index (χ1) is 10.2. The first kappa shape index (κ1) is 13.8. The molecule has 0 radical (unpaired) electrons. The summed E-state index contributed by atoms with van der Waals surface area (Å²) in [6, 6.07) is 7.87. The molecule has 3 rings (SSSR count). The van der Waals surface area contributed by atoms with E-state index in [9.17, 15) is 4.79 Å². The van der Waals surface area contributed by atoms with Crippen molar-refractivity contribution in [1.82, 2.24) is 20.1 Å². The molecule has 1 atom stereocenters. The third-order valence-electron chi connectivity index (χ3n) is 3.51. The summed E-state index contributed by atoms with van der Waals surface area (Å²) in [7, 11) is 0. The molecule has 0 aliphatic carbocycles. The zero-order chi connectivity index (χ0) is 14.7. The van der Waals surface area contributed by atoms with Gasteiger partial charge in [-0.25, -0.2) is 9.67 Å². The lowest BCUT2D eigenvalue weighted by molar-refractivity contribution is 0.0849. The third-order valence-corrected chi connectivity index (χ3v) is 3.51. The summed E-state index contributed by atoms with van der Waals surface area (Å²) in [5.41, 5.74) is 2.06. The molecule has 1 aliphatic heterocycles. The van der Waals surface area contributed by atoms with Crippen LogP contribution in [0.25, 0.3) is 5.69 Å². The van der Waals surface area contributed by atoms with Crippen LogP contribution in [-0.2, 0) is 4.74 Å². The van der Waals surface area contributed by atoms with Crippen LogP contribution >= 0.6 is 0 Å². The van der Waals surface area contributed by atoms with Crippen molar-refractivity contribution >= 4 is 5.91 Å². The maximum Gasteiger partial charge on any atom is 0.291 e. The molecular weight excluding hydrogens is 268 g/mol. The monoisotopic (exact) mass is 286 g/mol. The Labute approximate surface area is 123 Å². The number of benzene rings is 1. The van der Waals surface area contributed by atoms with Crippen molar-refractivity contribution in [2.45, 2.75) is 25.9 Å². The number of hydrogen-bond acceptors (Lipinski definition) is 4. The summed E-state index contributed by atoms with van der Waals surface area (Å²) in [5.74, 6) is -0.0927. The van der Waals surface area contributed by atoms with E-state index in [1.54, 1.807) is 11.0 Å². The first-order valence-electron chi connectivity index (χ1n) is 7.11. The molecule has 1 amide bonds. The van der Waals surface area contributed by atoms with Gasteiger partial charge >= 0.3 is 0 Å². The molecule has 1 N–H and O–H groups in total. The number of carbonyl (C=O) groups excluding carboxylic acids is 1. The van der Waals surface area contributed by atoms with Gasteiger partial charge < -0.3 is 10.1 Å². The van der Waals surface area contributed by atoms with Crippen molar-refractivity contribution in [3.05, 3.63) is 42.0 Å². The molecule has 0 bridgehead atoms. The van der Waals surface area contributed by atoms with Gasteiger partial charge in [0.1, 0.15) is 6.33 Å². The number of ether oxygens (including phenoxy) is 1. The lowest BCUT2D eigenvalue weighted by Gasteiger charge is -2.09. The molecule has 110 valence electrons. The highest BCUT2D eigenvalue weighted by Crippen LogP contribution is 2.11. The van der Waals surface area contributed by atoms with Crippen LogP contribution in [0.2, 0.25) is 0 Å². The zero-order valence-electron chi connectivity index (χ0n) is 12.0. The van der Waals surface area contributed by atoms with Crippen LogP contribution in [0.1, 0.15) is 29.0 Å². The highest BCUT2D eigenvalue weighted by molar-refractivity contribution is 5.90. The Morgan fingerprint density at radius 1 is 1.43 bits per heavy atom. The predicted molar refractivity (Wildman–Crippen MR) is 77.4 cm³/mol. The maximum atomic E-state index is 12.0. The summed E-state index contributed by atoms with van der Waals surface area (Å²) in [4.78, 5) is 16.1. The van der Waals surface area contributed by atoms with Crippen molar-refractivity contribution in [3.8, 4) is 5.69 Å². The molecule has 21 heavy (non-hydrogen) atoms. The van der Waals surface area contributed by atoms with Crippen LogP contribution < -0.4 is 5.32 Å². The smallest absolute Gasteiger partial charge is 0.291 e. The highest BCUT2D eigenvalue weighted by atomic mass is 16.5. The van der Waals surface area contributed by atoms with E-state index in [1.807, 2.05) is 31.2 Å². The van der Waals surface area contributed by atoms with Gasteiger partial charge in [0.2, 0.25) is 5.82 Å². The normalized spacial score (nSPS) is 17.9. The fourth-order valence-corrected chi connectivity index (χ4v) is 2.28. The van der Waals surface area contributed by atoms with Gasteiger partial charge in [-0.1, -0.05) is 17.7 Å². The minimum Gasteiger partial charge on any atom is -0.376 e. The van der Waals surface area contributed by atoms with Gasteiger partial charge in [0.05, 0.1) is 11.8 Å². The lowest BCUT2D eigenvalue weighted by atomic mass is 10.2. The molecule has 2 heterocycles. The number of carbonyl (C=O) groups is 1. The van der Waals surface area contributed by atoms with Gasteiger partial charge in [-0.05, 0) is 31.9 Å². The van der Waals surface area contributed by atoms with Gasteiger partial charge in [0, 0.05) is 13.2 Å². The number of hydrogen-bond donors (Lipinski definition) is 1. The van der Waals surface area contributed by atoms with E-state index in [-0.39, 0.29) is 17.8 Å². The quantitative estimate of drug-likeness (QED) is 0.924. The molecule has 1 aromatic carbocycles. The lowest BCUT2D eigenvalue weighted by Crippen LogP contribution is -2.32. The topological polar surface area (TPSA) is 69.0 Å². The van der Waals surface area contributed by atoms with Crippen molar-refractivity contribution in [3.63, 3.8) is 0 Å². The van der Waals surface area contributed by atoms with E-state index >= 15 is 0 Å². The van der Waals surface area contributed by atoms with Gasteiger partial charge in [0.15, 0.2) is 0 Å². The molecule has 0 saturated carbocycles. The Hall–Kier alpha value is -2.21. The Bertz CT molecular complexity index is 615. The zero-order valence-corrected chi connectivity index (χ0v) is 12.0. The van der Waals surface area contributed by atoms with Gasteiger partial charge in [0.25, 0.3) is 5.91 Å². The fourth-order valence-electron chi connectivity index (χ4n) is 2.28. The van der Waals surface area contributed by atoms with E-state index in [1.165, 1.54) is 5.56 Å². The maximum absolute atomic E-state index is 12.0. The van der Waals surface area contributed by atoms with Crippen molar-refractivity contribution in [2.24, 2.45) is 0 Å². The van der Waals surface area contributed by atoms with Crippen LogP contribution in [0.5, 0.6) is 0 Å². The van der Waals surface area contributed by atoms with E-state index in [2.05, 4.69) is 15.4 Å². The van der Waals surface area contributed by atoms with Gasteiger partial charge in [-0.15, -0.1) is 5.10 Å². The standard InChI is InChI=1S/C15H18N4O2/c1-11-4-6-12(7-5-11)19-10-17-14(18-19)15(20)16-9-13-3-2-8-21-13/h4-7,10,13H,2-3,8-9H2,1H3,(H,16,20). The van der Waals surface area contributed by atoms with Crippen LogP contribution in [-0.4, -0.2) is 39.9 Å². The van der Waals surface area contributed by atoms with E-state index < -0.39 is 0 Å². The summed E-state index contributed by atoms with van der Waals surface area (Å²) >= 11 is 0. The summed E-state index contributed by atoms with van der Waals surface area (Å²) in [5, 5.41) is 7.02. The number of aryl methyl sites for hydroxylation is 1. The van der Waals surface area contributed by atoms with Crippen LogP contribution in [0, 0.1) is 6.92 Å². The van der Waals surface area contributed by atoms with E-state index in [0.29, 0.717) is 6.54 Å². The SMILES string of the molecule is Cc1ccc(-n2cnc(C(=O)NCC3CCCO3)n2)cc1. The number of aromatic nitrogens is 3. The number of nitrogens with zero attached hydrogens (tertiary/aromatic N) is 3. The predicted octanol–water partition coefficient (Wildman–Crippen LogP) is 1.48. The number of amides is 1. The summed E-state index contributed by atoms with van der Waals surface area (Å²) in [6.45, 7) is 3.31. The number of rotatable bonds is 4. The Morgan fingerprint density at radius 3 is 2.95 bits per heavy atom. The average Bonchev–Trinajstić information content (AvgIpc) is 3.17. The van der Waals surface area contributed by atoms with Gasteiger partial charge in [-0.3, -0.25) is 4.79 Å². The molecule has 2 aromatic rings. The van der Waals surface area contributed by atoms with E-state index in [0.717, 1.165) is 25.1 Å². The molecule has 1 aliphatic rings. The molecule has 1 saturated heterocycles. The Balaban J connectivity index is 1.63. The first-order valence-corrected chi connectivity index (χ1v) is 7.11. The summed E-state index contributed by atoms with van der Waals surface area (Å²) < 4.78 is 7.06. The second-order valence-electron chi connectivity index (χ2n) is 5.19. The Morgan fingerprint density at radius 2 is 2.24 bits per heavy atom. The second-order valence-corrected chi connectivity index (χ2v) is 5.19. The molecule has 6 nitrogen and oxygen atoms in total. The second kappa shape index (κ2) is 6.05. The van der Waals surface area contributed by atoms with Gasteiger partial charge in [-0.2, -0.15) is 0 Å². The van der Waals surface area contributed by atoms with Crippen molar-refractivity contribution < 1.29 is 9.53 Å². The molecule has 1 unspecified atom stereocenters. The molecule has 1 aromatic heterocycles. The minimum absolute atomic E-state index is 0.119. The molecular formula is C15H18N4O2. The van der Waals surface area contributed by atoms with Crippen molar-refractivity contribution in [1.29, 1.82) is 0 Å². The van der Waals surface area contributed by atoms with Crippen LogP contribution in [0.4, 0.5) is 0 Å². The third kappa shape index (κ3) is 3.28. The minimum atomic E-state index is -0.267. The average molecular weight is 286 g/mol. The number of nitrogens with one attached hydrogen (secondary N) is 1. The molecule has 0 spiro atoms. The highest BCUT2D eigenvalue weighted by Gasteiger charge is 2.18. The molecule has 1 fully saturated rings. The van der Waals surface area contributed by atoms with E-state index in [4.69, 9.17) is 4.74 Å². The van der Waals surface area contributed by atoms with Crippen molar-refractivity contribution in [2.75, 3.05) is 13.2 Å².